The molecule has 0 aliphatic carbocycles. The van der Waals surface area contributed by atoms with E-state index < -0.39 is 0 Å². The smallest absolute Gasteiger partial charge is 0.269 e. The van der Waals surface area contributed by atoms with Gasteiger partial charge < -0.3 is 15.1 Å². The summed E-state index contributed by atoms with van der Waals surface area (Å²) in [5.41, 5.74) is 0.608. The fourth-order valence-electron chi connectivity index (χ4n) is 3.09. The maximum absolute atomic E-state index is 12.5. The Hall–Kier alpha value is -2.64. The van der Waals surface area contributed by atoms with E-state index in [4.69, 9.17) is 0 Å². The number of aryl methyl sites for hydroxylation is 1. The average molecular weight is 343 g/mol. The molecule has 1 aliphatic heterocycles. The number of rotatable bonds is 5. The van der Waals surface area contributed by atoms with Crippen LogP contribution in [0.5, 0.6) is 0 Å². The van der Waals surface area contributed by atoms with E-state index >= 15 is 0 Å². The molecule has 1 amide bonds. The molecule has 3 rings (SSSR count). The van der Waals surface area contributed by atoms with Crippen LogP contribution < -0.4 is 15.1 Å². The first-order chi connectivity index (χ1) is 12.1. The van der Waals surface area contributed by atoms with E-state index in [-0.39, 0.29) is 11.9 Å². The third-order valence-electron chi connectivity index (χ3n) is 4.43. The van der Waals surface area contributed by atoms with Crippen LogP contribution in [0.15, 0.2) is 24.7 Å². The van der Waals surface area contributed by atoms with Crippen molar-refractivity contribution < 1.29 is 4.79 Å². The van der Waals surface area contributed by atoms with E-state index in [1.165, 1.54) is 0 Å². The predicted molar refractivity (Wildman–Crippen MR) is 97.0 cm³/mol. The maximum atomic E-state index is 12.5. The van der Waals surface area contributed by atoms with Crippen LogP contribution in [0.2, 0.25) is 0 Å². The van der Waals surface area contributed by atoms with Crippen LogP contribution in [-0.2, 0) is 6.54 Å². The van der Waals surface area contributed by atoms with Gasteiger partial charge >= 0.3 is 0 Å². The van der Waals surface area contributed by atoms with Crippen molar-refractivity contribution in [3.63, 3.8) is 0 Å². The summed E-state index contributed by atoms with van der Waals surface area (Å²) in [4.78, 5) is 25.3. The number of hydrogen-bond donors (Lipinski definition) is 1. The van der Waals surface area contributed by atoms with Crippen molar-refractivity contribution in [2.24, 2.45) is 0 Å². The van der Waals surface area contributed by atoms with E-state index in [0.717, 1.165) is 37.6 Å². The molecule has 1 aliphatic rings. The summed E-state index contributed by atoms with van der Waals surface area (Å²) in [6.45, 7) is 4.34. The highest BCUT2D eigenvalue weighted by Gasteiger charge is 2.24. The molecule has 0 bridgehead atoms. The zero-order valence-corrected chi connectivity index (χ0v) is 15.0. The Labute approximate surface area is 147 Å². The summed E-state index contributed by atoms with van der Waals surface area (Å²) in [6.07, 6.45) is 5.23. The fraction of sp³-hybridized carbons (Fsp3) is 0.529. The molecular weight excluding hydrogens is 318 g/mol. The Morgan fingerprint density at radius 3 is 3.00 bits per heavy atom. The highest BCUT2D eigenvalue weighted by molar-refractivity contribution is 5.92. The van der Waals surface area contributed by atoms with Crippen molar-refractivity contribution >= 4 is 17.5 Å². The minimum Gasteiger partial charge on any atom is -0.363 e. The number of carbonyl (C=O) groups excluding carboxylic acids is 1. The van der Waals surface area contributed by atoms with Crippen LogP contribution in [0, 0.1) is 0 Å². The van der Waals surface area contributed by atoms with Gasteiger partial charge in [-0.15, -0.1) is 0 Å². The SMILES string of the molecule is CCn1nccc1C(=O)N[C@H]1CCCN(c2cc(N(C)C)ncn2)C1. The fourth-order valence-corrected chi connectivity index (χ4v) is 3.09. The van der Waals surface area contributed by atoms with E-state index in [9.17, 15) is 4.79 Å². The number of aromatic nitrogens is 4. The lowest BCUT2D eigenvalue weighted by Gasteiger charge is -2.34. The molecule has 0 radical (unpaired) electrons. The summed E-state index contributed by atoms with van der Waals surface area (Å²) in [6, 6.07) is 3.84. The lowest BCUT2D eigenvalue weighted by atomic mass is 10.1. The molecule has 1 atom stereocenters. The third kappa shape index (κ3) is 3.89. The van der Waals surface area contributed by atoms with Crippen molar-refractivity contribution in [1.29, 1.82) is 0 Å². The molecule has 1 saturated heterocycles. The summed E-state index contributed by atoms with van der Waals surface area (Å²) in [7, 11) is 3.92. The standard InChI is InChI=1S/C17H25N7O/c1-4-24-14(7-8-20-24)17(25)21-13-6-5-9-23(11-13)16-10-15(22(2)3)18-12-19-16/h7-8,10,12-13H,4-6,9,11H2,1-3H3,(H,21,25)/t13-/m0/s1. The Morgan fingerprint density at radius 2 is 2.24 bits per heavy atom. The molecule has 0 spiro atoms. The van der Waals surface area contributed by atoms with Crippen LogP contribution in [0.1, 0.15) is 30.3 Å². The molecule has 0 aromatic carbocycles. The number of piperidine rings is 1. The second-order valence-electron chi connectivity index (χ2n) is 6.42. The molecule has 8 nitrogen and oxygen atoms in total. The van der Waals surface area contributed by atoms with Crippen molar-refractivity contribution in [3.8, 4) is 0 Å². The molecule has 134 valence electrons. The number of nitrogens with one attached hydrogen (secondary N) is 1. The van der Waals surface area contributed by atoms with Gasteiger partial charge in [0.2, 0.25) is 0 Å². The molecule has 1 N–H and O–H groups in total. The van der Waals surface area contributed by atoms with Gasteiger partial charge in [0.05, 0.1) is 0 Å². The molecular formula is C17H25N7O. The van der Waals surface area contributed by atoms with Gasteiger partial charge in [-0.1, -0.05) is 0 Å². The second-order valence-corrected chi connectivity index (χ2v) is 6.42. The van der Waals surface area contributed by atoms with E-state index in [2.05, 4.69) is 25.3 Å². The van der Waals surface area contributed by atoms with Crippen molar-refractivity contribution in [2.75, 3.05) is 37.0 Å². The summed E-state index contributed by atoms with van der Waals surface area (Å²) in [5, 5.41) is 7.30. The van der Waals surface area contributed by atoms with Crippen LogP contribution in [0.3, 0.4) is 0 Å². The lowest BCUT2D eigenvalue weighted by Crippen LogP contribution is -2.48. The van der Waals surface area contributed by atoms with Crippen molar-refractivity contribution in [3.05, 3.63) is 30.4 Å². The van der Waals surface area contributed by atoms with Gasteiger partial charge in [0.25, 0.3) is 5.91 Å². The Balaban J connectivity index is 1.67. The van der Waals surface area contributed by atoms with Crippen LogP contribution in [-0.4, -0.2) is 58.9 Å². The molecule has 1 fully saturated rings. The summed E-state index contributed by atoms with van der Waals surface area (Å²) < 4.78 is 1.71. The molecule has 25 heavy (non-hydrogen) atoms. The molecule has 2 aromatic heterocycles. The van der Waals surface area contributed by atoms with E-state index in [0.29, 0.717) is 12.2 Å². The zero-order chi connectivity index (χ0) is 17.8. The Bertz CT molecular complexity index is 727. The quantitative estimate of drug-likeness (QED) is 0.878. The molecule has 3 heterocycles. The number of anilines is 2. The summed E-state index contributed by atoms with van der Waals surface area (Å²) >= 11 is 0. The highest BCUT2D eigenvalue weighted by atomic mass is 16.2. The zero-order valence-electron chi connectivity index (χ0n) is 15.0. The highest BCUT2D eigenvalue weighted by Crippen LogP contribution is 2.20. The van der Waals surface area contributed by atoms with Crippen LogP contribution in [0.25, 0.3) is 0 Å². The average Bonchev–Trinajstić information content (AvgIpc) is 3.11. The third-order valence-corrected chi connectivity index (χ3v) is 4.43. The van der Waals surface area contributed by atoms with Gasteiger partial charge in [0.15, 0.2) is 0 Å². The van der Waals surface area contributed by atoms with Gasteiger partial charge in [-0.25, -0.2) is 9.97 Å². The number of nitrogens with zero attached hydrogens (tertiary/aromatic N) is 6. The Morgan fingerprint density at radius 1 is 1.40 bits per heavy atom. The lowest BCUT2D eigenvalue weighted by molar-refractivity contribution is 0.0922. The first-order valence-electron chi connectivity index (χ1n) is 8.65. The molecule has 8 heteroatoms. The van der Waals surface area contributed by atoms with E-state index in [1.54, 1.807) is 23.3 Å². The maximum Gasteiger partial charge on any atom is 0.269 e. The largest absolute Gasteiger partial charge is 0.363 e. The second kappa shape index (κ2) is 7.50. The number of hydrogen-bond acceptors (Lipinski definition) is 6. The van der Waals surface area contributed by atoms with Crippen molar-refractivity contribution in [2.45, 2.75) is 32.4 Å². The van der Waals surface area contributed by atoms with Crippen LogP contribution in [0.4, 0.5) is 11.6 Å². The molecule has 0 saturated carbocycles. The summed E-state index contributed by atoms with van der Waals surface area (Å²) in [5.74, 6) is 1.71. The predicted octanol–water partition coefficient (Wildman–Crippen LogP) is 1.16. The first kappa shape index (κ1) is 17.2. The molecule has 2 aromatic rings. The number of amides is 1. The monoisotopic (exact) mass is 343 g/mol. The van der Waals surface area contributed by atoms with Crippen LogP contribution >= 0.6 is 0 Å². The Kier molecular flexibility index (Phi) is 5.16. The van der Waals surface area contributed by atoms with E-state index in [1.807, 2.05) is 32.0 Å². The van der Waals surface area contributed by atoms with Gasteiger partial charge in [-0.2, -0.15) is 5.10 Å². The minimum absolute atomic E-state index is 0.0668. The molecule has 0 unspecified atom stereocenters. The first-order valence-corrected chi connectivity index (χ1v) is 8.65. The normalized spacial score (nSPS) is 17.4. The van der Waals surface area contributed by atoms with Gasteiger partial charge in [0.1, 0.15) is 23.7 Å². The number of carbonyl (C=O) groups is 1. The van der Waals surface area contributed by atoms with Gasteiger partial charge in [-0.3, -0.25) is 9.48 Å². The van der Waals surface area contributed by atoms with Gasteiger partial charge in [-0.05, 0) is 25.8 Å². The topological polar surface area (TPSA) is 79.2 Å². The van der Waals surface area contributed by atoms with Crippen molar-refractivity contribution in [1.82, 2.24) is 25.1 Å². The van der Waals surface area contributed by atoms with Gasteiger partial charge in [0, 0.05) is 52.0 Å². The minimum atomic E-state index is -0.0668.